The summed E-state index contributed by atoms with van der Waals surface area (Å²) in [5, 5.41) is 11.7. The van der Waals surface area contributed by atoms with Gasteiger partial charge in [0.1, 0.15) is 0 Å². The summed E-state index contributed by atoms with van der Waals surface area (Å²) in [6.07, 6.45) is 1.68. The number of ether oxygens (including phenoxy) is 1. The summed E-state index contributed by atoms with van der Waals surface area (Å²) in [4.78, 5) is 11.7. The zero-order valence-electron chi connectivity index (χ0n) is 9.82. The standard InChI is InChI=1S/C11H22N2O3/c1-2-8(3-4-14)5-13-11(15)9-6-16-7-10(9)12/h8-10,14H,2-7,12H2,1H3,(H,13,15). The lowest BCUT2D eigenvalue weighted by Gasteiger charge is -2.17. The van der Waals surface area contributed by atoms with Gasteiger partial charge in [0.15, 0.2) is 0 Å². The van der Waals surface area contributed by atoms with Crippen LogP contribution in [0.15, 0.2) is 0 Å². The molecule has 4 N–H and O–H groups in total. The Labute approximate surface area is 96.3 Å². The average Bonchev–Trinajstić information content (AvgIpc) is 2.70. The maximum atomic E-state index is 11.7. The van der Waals surface area contributed by atoms with Crippen LogP contribution in [0.1, 0.15) is 19.8 Å². The molecule has 0 saturated carbocycles. The minimum Gasteiger partial charge on any atom is -0.396 e. The second kappa shape index (κ2) is 6.83. The molecule has 0 bridgehead atoms. The van der Waals surface area contributed by atoms with Gasteiger partial charge in [-0.3, -0.25) is 4.79 Å². The Balaban J connectivity index is 2.28. The molecule has 3 atom stereocenters. The fourth-order valence-electron chi connectivity index (χ4n) is 1.85. The van der Waals surface area contributed by atoms with Crippen LogP contribution in [-0.4, -0.2) is 43.4 Å². The fraction of sp³-hybridized carbons (Fsp3) is 0.909. The first kappa shape index (κ1) is 13.4. The van der Waals surface area contributed by atoms with E-state index in [2.05, 4.69) is 12.2 Å². The van der Waals surface area contributed by atoms with Gasteiger partial charge in [-0.05, 0) is 12.3 Å². The topological polar surface area (TPSA) is 84.6 Å². The van der Waals surface area contributed by atoms with Crippen molar-refractivity contribution in [3.8, 4) is 0 Å². The Morgan fingerprint density at radius 1 is 1.62 bits per heavy atom. The largest absolute Gasteiger partial charge is 0.396 e. The second-order valence-electron chi connectivity index (χ2n) is 4.34. The van der Waals surface area contributed by atoms with Gasteiger partial charge in [-0.15, -0.1) is 0 Å². The first-order chi connectivity index (χ1) is 7.69. The van der Waals surface area contributed by atoms with Crippen LogP contribution in [0.3, 0.4) is 0 Å². The van der Waals surface area contributed by atoms with Crippen molar-refractivity contribution in [2.24, 2.45) is 17.6 Å². The highest BCUT2D eigenvalue weighted by Gasteiger charge is 2.31. The van der Waals surface area contributed by atoms with Crippen LogP contribution >= 0.6 is 0 Å². The lowest BCUT2D eigenvalue weighted by atomic mass is 10.0. The molecule has 1 heterocycles. The Morgan fingerprint density at radius 2 is 2.38 bits per heavy atom. The van der Waals surface area contributed by atoms with E-state index in [0.29, 0.717) is 25.7 Å². The first-order valence-corrected chi connectivity index (χ1v) is 5.90. The van der Waals surface area contributed by atoms with Crippen LogP contribution < -0.4 is 11.1 Å². The molecular formula is C11H22N2O3. The van der Waals surface area contributed by atoms with Crippen molar-refractivity contribution in [3.05, 3.63) is 0 Å². The third kappa shape index (κ3) is 3.73. The van der Waals surface area contributed by atoms with Gasteiger partial charge >= 0.3 is 0 Å². The minimum absolute atomic E-state index is 0.0265. The lowest BCUT2D eigenvalue weighted by molar-refractivity contribution is -0.125. The molecule has 5 heteroatoms. The maximum Gasteiger partial charge on any atom is 0.227 e. The third-order valence-corrected chi connectivity index (χ3v) is 3.14. The molecule has 3 unspecified atom stereocenters. The van der Waals surface area contributed by atoms with E-state index < -0.39 is 0 Å². The third-order valence-electron chi connectivity index (χ3n) is 3.14. The Hall–Kier alpha value is -0.650. The molecule has 16 heavy (non-hydrogen) atoms. The number of carbonyl (C=O) groups excluding carboxylic acids is 1. The minimum atomic E-state index is -0.216. The Bertz CT molecular complexity index is 223. The van der Waals surface area contributed by atoms with Crippen molar-refractivity contribution < 1.29 is 14.6 Å². The van der Waals surface area contributed by atoms with E-state index in [1.165, 1.54) is 0 Å². The average molecular weight is 230 g/mol. The van der Waals surface area contributed by atoms with Gasteiger partial charge in [-0.2, -0.15) is 0 Å². The quantitative estimate of drug-likeness (QED) is 0.573. The molecule has 1 rings (SSSR count). The highest BCUT2D eigenvalue weighted by molar-refractivity contribution is 5.79. The molecule has 0 aromatic carbocycles. The van der Waals surface area contributed by atoms with Crippen LogP contribution in [0.2, 0.25) is 0 Å². The van der Waals surface area contributed by atoms with Crippen LogP contribution in [-0.2, 0) is 9.53 Å². The number of nitrogens with one attached hydrogen (secondary N) is 1. The molecule has 1 amide bonds. The summed E-state index contributed by atoms with van der Waals surface area (Å²) >= 11 is 0. The SMILES string of the molecule is CCC(CCO)CNC(=O)C1COCC1N. The summed E-state index contributed by atoms with van der Waals surface area (Å²) < 4.78 is 5.15. The zero-order valence-corrected chi connectivity index (χ0v) is 9.82. The van der Waals surface area contributed by atoms with Crippen molar-refractivity contribution >= 4 is 5.91 Å². The highest BCUT2D eigenvalue weighted by Crippen LogP contribution is 2.12. The molecule has 1 aliphatic heterocycles. The van der Waals surface area contributed by atoms with Gasteiger partial charge in [-0.25, -0.2) is 0 Å². The first-order valence-electron chi connectivity index (χ1n) is 5.90. The van der Waals surface area contributed by atoms with E-state index in [1.807, 2.05) is 0 Å². The van der Waals surface area contributed by atoms with Crippen molar-refractivity contribution in [1.82, 2.24) is 5.32 Å². The Kier molecular flexibility index (Phi) is 5.73. The number of rotatable bonds is 6. The monoisotopic (exact) mass is 230 g/mol. The smallest absolute Gasteiger partial charge is 0.227 e. The van der Waals surface area contributed by atoms with Crippen LogP contribution in [0.4, 0.5) is 0 Å². The lowest BCUT2D eigenvalue weighted by Crippen LogP contribution is -2.42. The predicted molar refractivity (Wildman–Crippen MR) is 60.8 cm³/mol. The van der Waals surface area contributed by atoms with Crippen molar-refractivity contribution in [3.63, 3.8) is 0 Å². The normalized spacial score (nSPS) is 26.7. The van der Waals surface area contributed by atoms with E-state index in [9.17, 15) is 4.79 Å². The molecule has 1 aliphatic rings. The fourth-order valence-corrected chi connectivity index (χ4v) is 1.85. The van der Waals surface area contributed by atoms with Gasteiger partial charge in [-0.1, -0.05) is 13.3 Å². The van der Waals surface area contributed by atoms with E-state index in [4.69, 9.17) is 15.6 Å². The van der Waals surface area contributed by atoms with Crippen molar-refractivity contribution in [2.75, 3.05) is 26.4 Å². The van der Waals surface area contributed by atoms with Gasteiger partial charge < -0.3 is 20.9 Å². The maximum absolute atomic E-state index is 11.7. The molecule has 0 radical (unpaired) electrons. The molecule has 0 spiro atoms. The molecule has 0 aliphatic carbocycles. The summed E-state index contributed by atoms with van der Waals surface area (Å²) in [6, 6.07) is -0.182. The highest BCUT2D eigenvalue weighted by atomic mass is 16.5. The van der Waals surface area contributed by atoms with E-state index in [0.717, 1.165) is 12.8 Å². The van der Waals surface area contributed by atoms with E-state index >= 15 is 0 Å². The number of carbonyl (C=O) groups is 1. The summed E-state index contributed by atoms with van der Waals surface area (Å²) in [6.45, 7) is 3.71. The summed E-state index contributed by atoms with van der Waals surface area (Å²) in [5.41, 5.74) is 5.75. The van der Waals surface area contributed by atoms with Gasteiger partial charge in [0.2, 0.25) is 5.91 Å². The Morgan fingerprint density at radius 3 is 2.88 bits per heavy atom. The molecule has 0 aromatic heterocycles. The molecular weight excluding hydrogens is 208 g/mol. The number of amides is 1. The van der Waals surface area contributed by atoms with E-state index in [-0.39, 0.29) is 24.5 Å². The van der Waals surface area contributed by atoms with E-state index in [1.54, 1.807) is 0 Å². The number of nitrogens with two attached hydrogens (primary N) is 1. The van der Waals surface area contributed by atoms with Crippen LogP contribution in [0.5, 0.6) is 0 Å². The predicted octanol–water partition coefficient (Wildman–Crippen LogP) is -0.515. The molecule has 0 aromatic rings. The molecule has 94 valence electrons. The van der Waals surface area contributed by atoms with Crippen LogP contribution in [0, 0.1) is 11.8 Å². The van der Waals surface area contributed by atoms with Crippen molar-refractivity contribution in [1.29, 1.82) is 0 Å². The number of hydrogen-bond acceptors (Lipinski definition) is 4. The van der Waals surface area contributed by atoms with Gasteiger partial charge in [0, 0.05) is 19.2 Å². The van der Waals surface area contributed by atoms with Crippen molar-refractivity contribution in [2.45, 2.75) is 25.8 Å². The molecule has 5 nitrogen and oxygen atoms in total. The molecule has 1 fully saturated rings. The zero-order chi connectivity index (χ0) is 12.0. The number of hydrogen-bond donors (Lipinski definition) is 3. The van der Waals surface area contributed by atoms with Crippen LogP contribution in [0.25, 0.3) is 0 Å². The summed E-state index contributed by atoms with van der Waals surface area (Å²) in [7, 11) is 0. The molecule has 1 saturated heterocycles. The van der Waals surface area contributed by atoms with Gasteiger partial charge in [0.05, 0.1) is 19.1 Å². The summed E-state index contributed by atoms with van der Waals surface area (Å²) in [5.74, 6) is 0.0977. The second-order valence-corrected chi connectivity index (χ2v) is 4.34. The van der Waals surface area contributed by atoms with Gasteiger partial charge in [0.25, 0.3) is 0 Å². The number of aliphatic hydroxyl groups excluding tert-OH is 1. The number of aliphatic hydroxyl groups is 1.